The molecule has 1 amide bonds. The maximum Gasteiger partial charge on any atom is 0.335 e. The van der Waals surface area contributed by atoms with Gasteiger partial charge < -0.3 is 9.84 Å². The van der Waals surface area contributed by atoms with Gasteiger partial charge in [0.25, 0.3) is 5.91 Å². The van der Waals surface area contributed by atoms with Crippen LogP contribution in [0.2, 0.25) is 10.0 Å². The van der Waals surface area contributed by atoms with E-state index in [0.717, 1.165) is 11.1 Å². The minimum atomic E-state index is -1.01. The molecule has 3 aromatic carbocycles. The molecule has 6 nitrogen and oxygen atoms in total. The van der Waals surface area contributed by atoms with Gasteiger partial charge >= 0.3 is 5.97 Å². The number of hydrogen-bond donors (Lipinski definition) is 1. The average molecular weight is 685 g/mol. The van der Waals surface area contributed by atoms with Crippen molar-refractivity contribution in [3.63, 3.8) is 0 Å². The smallest absolute Gasteiger partial charge is 0.335 e. The van der Waals surface area contributed by atoms with Gasteiger partial charge in [0, 0.05) is 22.2 Å². The van der Waals surface area contributed by atoms with E-state index in [1.165, 1.54) is 23.9 Å². The third-order valence-corrected chi connectivity index (χ3v) is 8.02. The van der Waals surface area contributed by atoms with Crippen molar-refractivity contribution in [3.8, 4) is 5.75 Å². The maximum atomic E-state index is 13.0. The Balaban J connectivity index is 1.55. The molecule has 0 atom stereocenters. The Morgan fingerprint density at radius 3 is 2.38 bits per heavy atom. The van der Waals surface area contributed by atoms with Gasteiger partial charge in [-0.3, -0.25) is 9.69 Å². The summed E-state index contributed by atoms with van der Waals surface area (Å²) in [6.45, 7) is 2.57. The third-order valence-electron chi connectivity index (χ3n) is 5.25. The van der Waals surface area contributed by atoms with Gasteiger partial charge in [0.15, 0.2) is 5.17 Å². The lowest BCUT2D eigenvalue weighted by Gasteiger charge is -2.13. The molecule has 11 heteroatoms. The molecular formula is C26H18Br2Cl2N2O4S. The predicted molar refractivity (Wildman–Crippen MR) is 156 cm³/mol. The van der Waals surface area contributed by atoms with Crippen molar-refractivity contribution in [2.24, 2.45) is 4.99 Å². The third kappa shape index (κ3) is 6.59. The molecule has 4 rings (SSSR count). The van der Waals surface area contributed by atoms with Crippen molar-refractivity contribution >= 4 is 95.6 Å². The lowest BCUT2D eigenvalue weighted by molar-refractivity contribution is -0.122. The molecule has 3 aromatic rings. The van der Waals surface area contributed by atoms with Crippen molar-refractivity contribution in [1.82, 2.24) is 4.90 Å². The summed E-state index contributed by atoms with van der Waals surface area (Å²) in [6, 6.07) is 15.1. The number of carboxylic acid groups (broad SMARTS) is 1. The number of likely N-dealkylation sites (N-methyl/N-ethyl adjacent to an activating group) is 1. The Morgan fingerprint density at radius 1 is 1.11 bits per heavy atom. The Morgan fingerprint density at radius 2 is 1.78 bits per heavy atom. The quantitative estimate of drug-likeness (QED) is 0.253. The van der Waals surface area contributed by atoms with Crippen molar-refractivity contribution in [2.45, 2.75) is 13.5 Å². The number of ether oxygens (including phenoxy) is 1. The fraction of sp³-hybridized carbons (Fsp3) is 0.115. The van der Waals surface area contributed by atoms with E-state index in [1.807, 2.05) is 25.1 Å². The summed E-state index contributed by atoms with van der Waals surface area (Å²) in [6.07, 6.45) is 1.79. The Bertz CT molecular complexity index is 1420. The number of hydrogen-bond acceptors (Lipinski definition) is 5. The molecule has 0 saturated carbocycles. The molecular weight excluding hydrogens is 667 g/mol. The zero-order valence-corrected chi connectivity index (χ0v) is 24.7. The summed E-state index contributed by atoms with van der Waals surface area (Å²) in [7, 11) is 0. The van der Waals surface area contributed by atoms with E-state index in [9.17, 15) is 9.59 Å². The molecule has 37 heavy (non-hydrogen) atoms. The number of carbonyl (C=O) groups is 2. The molecule has 0 unspecified atom stereocenters. The number of rotatable bonds is 7. The van der Waals surface area contributed by atoms with E-state index in [0.29, 0.717) is 47.0 Å². The topological polar surface area (TPSA) is 79.2 Å². The van der Waals surface area contributed by atoms with Crippen molar-refractivity contribution in [3.05, 3.63) is 95.2 Å². The number of nitrogens with zero attached hydrogens (tertiary/aromatic N) is 2. The predicted octanol–water partition coefficient (Wildman–Crippen LogP) is 8.42. The summed E-state index contributed by atoms with van der Waals surface area (Å²) in [5.41, 5.74) is 2.32. The highest BCUT2D eigenvalue weighted by atomic mass is 79.9. The van der Waals surface area contributed by atoms with Crippen LogP contribution in [0.25, 0.3) is 6.08 Å². The van der Waals surface area contributed by atoms with E-state index in [-0.39, 0.29) is 18.1 Å². The molecule has 0 aromatic heterocycles. The van der Waals surface area contributed by atoms with Gasteiger partial charge in [0.2, 0.25) is 0 Å². The Labute approximate surface area is 244 Å². The van der Waals surface area contributed by atoms with Gasteiger partial charge in [-0.2, -0.15) is 0 Å². The number of amidine groups is 1. The van der Waals surface area contributed by atoms with Crippen LogP contribution in [0.5, 0.6) is 5.75 Å². The number of thioether (sulfide) groups is 1. The fourth-order valence-corrected chi connectivity index (χ4v) is 6.38. The van der Waals surface area contributed by atoms with Crippen LogP contribution < -0.4 is 4.74 Å². The second kappa shape index (κ2) is 12.0. The van der Waals surface area contributed by atoms with Gasteiger partial charge in [-0.25, -0.2) is 9.79 Å². The van der Waals surface area contributed by atoms with E-state index in [2.05, 4.69) is 36.9 Å². The van der Waals surface area contributed by atoms with Crippen LogP contribution in [0.1, 0.15) is 28.4 Å². The van der Waals surface area contributed by atoms with E-state index in [1.54, 1.807) is 35.2 Å². The van der Waals surface area contributed by atoms with Gasteiger partial charge in [-0.05, 0) is 111 Å². The summed E-state index contributed by atoms with van der Waals surface area (Å²) >= 11 is 20.6. The van der Waals surface area contributed by atoms with E-state index in [4.69, 9.17) is 33.0 Å². The maximum absolute atomic E-state index is 13.0. The Kier molecular flexibility index (Phi) is 9.03. The number of aromatic carboxylic acids is 1. The number of carbonyl (C=O) groups excluding carboxylic acids is 1. The van der Waals surface area contributed by atoms with Gasteiger partial charge in [-0.1, -0.05) is 29.3 Å². The first-order chi connectivity index (χ1) is 17.7. The standard InChI is InChI=1S/C26H18Br2Cl2N2O4S/c1-2-32-24(33)22(37-26(32)31-18-7-4-15(5-8-18)25(34)35)11-14-9-19(27)23(20(28)10-14)36-13-16-3-6-17(29)12-21(16)30/h3-12H,2,13H2,1H3,(H,34,35)/b22-11-,31-26?. The van der Waals surface area contributed by atoms with Gasteiger partial charge in [0.05, 0.1) is 25.1 Å². The van der Waals surface area contributed by atoms with Crippen LogP contribution in [0.15, 0.2) is 73.4 Å². The highest BCUT2D eigenvalue weighted by Crippen LogP contribution is 2.39. The molecule has 0 radical (unpaired) electrons. The lowest BCUT2D eigenvalue weighted by atomic mass is 10.2. The van der Waals surface area contributed by atoms with E-state index < -0.39 is 5.97 Å². The molecule has 1 aliphatic heterocycles. The summed E-state index contributed by atoms with van der Waals surface area (Å²) in [5, 5.41) is 10.7. The molecule has 0 aliphatic carbocycles. The SMILES string of the molecule is CCN1C(=O)/C(=C/c2cc(Br)c(OCc3ccc(Cl)cc3Cl)c(Br)c2)SC1=Nc1ccc(C(=O)O)cc1. The minimum absolute atomic E-state index is 0.154. The molecule has 1 saturated heterocycles. The van der Waals surface area contributed by atoms with Crippen molar-refractivity contribution in [2.75, 3.05) is 6.54 Å². The Hall–Kier alpha value is -2.30. The number of benzene rings is 3. The zero-order chi connectivity index (χ0) is 26.7. The molecule has 1 fully saturated rings. The first kappa shape index (κ1) is 27.7. The zero-order valence-electron chi connectivity index (χ0n) is 19.2. The van der Waals surface area contributed by atoms with Crippen molar-refractivity contribution < 1.29 is 19.4 Å². The molecule has 0 spiro atoms. The van der Waals surface area contributed by atoms with Crippen LogP contribution in [0.4, 0.5) is 5.69 Å². The number of aliphatic imine (C=N–C) groups is 1. The molecule has 0 bridgehead atoms. The molecule has 1 N–H and O–H groups in total. The summed E-state index contributed by atoms with van der Waals surface area (Å²) in [5.74, 6) is -0.563. The highest BCUT2D eigenvalue weighted by Gasteiger charge is 2.32. The van der Waals surface area contributed by atoms with Crippen LogP contribution in [-0.4, -0.2) is 33.6 Å². The monoisotopic (exact) mass is 682 g/mol. The second-order valence-electron chi connectivity index (χ2n) is 7.74. The average Bonchev–Trinajstić information content (AvgIpc) is 3.13. The number of amides is 1. The number of carboxylic acids is 1. The first-order valence-electron chi connectivity index (χ1n) is 10.9. The van der Waals surface area contributed by atoms with Gasteiger partial charge in [-0.15, -0.1) is 0 Å². The van der Waals surface area contributed by atoms with Crippen molar-refractivity contribution in [1.29, 1.82) is 0 Å². The summed E-state index contributed by atoms with van der Waals surface area (Å²) < 4.78 is 7.39. The van der Waals surface area contributed by atoms with Crippen LogP contribution in [0.3, 0.4) is 0 Å². The van der Waals surface area contributed by atoms with Gasteiger partial charge in [0.1, 0.15) is 12.4 Å². The normalized spacial score (nSPS) is 15.6. The molecule has 1 aliphatic rings. The van der Waals surface area contributed by atoms with Crippen LogP contribution in [0, 0.1) is 0 Å². The lowest BCUT2D eigenvalue weighted by Crippen LogP contribution is -2.28. The van der Waals surface area contributed by atoms with Crippen LogP contribution >= 0.6 is 66.8 Å². The fourth-order valence-electron chi connectivity index (χ4n) is 3.40. The minimum Gasteiger partial charge on any atom is -0.486 e. The highest BCUT2D eigenvalue weighted by molar-refractivity contribution is 9.11. The van der Waals surface area contributed by atoms with E-state index >= 15 is 0 Å². The molecule has 190 valence electrons. The number of halogens is 4. The first-order valence-corrected chi connectivity index (χ1v) is 14.0. The summed E-state index contributed by atoms with van der Waals surface area (Å²) in [4.78, 5) is 30.8. The second-order valence-corrected chi connectivity index (χ2v) is 11.3. The largest absolute Gasteiger partial charge is 0.486 e. The molecule has 1 heterocycles. The van der Waals surface area contributed by atoms with Crippen LogP contribution in [-0.2, 0) is 11.4 Å².